The summed E-state index contributed by atoms with van der Waals surface area (Å²) >= 11 is 1.61. The molecule has 6 heteroatoms. The zero-order chi connectivity index (χ0) is 21.1. The highest BCUT2D eigenvalue weighted by Crippen LogP contribution is 2.32. The van der Waals surface area contributed by atoms with Crippen LogP contribution in [0, 0.1) is 12.3 Å². The van der Waals surface area contributed by atoms with Gasteiger partial charge < -0.3 is 10.2 Å². The van der Waals surface area contributed by atoms with Crippen molar-refractivity contribution in [3.8, 4) is 10.6 Å². The van der Waals surface area contributed by atoms with Crippen molar-refractivity contribution in [3.05, 3.63) is 71.2 Å². The number of nitrogens with one attached hydrogen (secondary N) is 1. The molecule has 4 rings (SSSR count). The molecule has 1 aliphatic rings. The third-order valence-electron chi connectivity index (χ3n) is 5.56. The van der Waals surface area contributed by atoms with E-state index >= 15 is 0 Å². The lowest BCUT2D eigenvalue weighted by Crippen LogP contribution is -2.50. The zero-order valence-corrected chi connectivity index (χ0v) is 18.0. The maximum absolute atomic E-state index is 13.1. The largest absolute Gasteiger partial charge is 0.338 e. The van der Waals surface area contributed by atoms with Crippen molar-refractivity contribution in [2.45, 2.75) is 26.7 Å². The third kappa shape index (κ3) is 4.28. The Morgan fingerprint density at radius 2 is 1.83 bits per heavy atom. The zero-order valence-electron chi connectivity index (χ0n) is 17.2. The van der Waals surface area contributed by atoms with Gasteiger partial charge >= 0.3 is 0 Å². The lowest BCUT2D eigenvalue weighted by Gasteiger charge is -2.39. The van der Waals surface area contributed by atoms with Crippen LogP contribution in [0.25, 0.3) is 10.6 Å². The minimum absolute atomic E-state index is 0.0163. The van der Waals surface area contributed by atoms with E-state index in [-0.39, 0.29) is 11.8 Å². The summed E-state index contributed by atoms with van der Waals surface area (Å²) in [5.74, 6) is -0.0664. The fraction of sp³-hybridized carbons (Fsp3) is 0.292. The van der Waals surface area contributed by atoms with Gasteiger partial charge in [-0.3, -0.25) is 9.59 Å². The Kier molecular flexibility index (Phi) is 5.68. The molecule has 2 heterocycles. The van der Waals surface area contributed by atoms with Crippen molar-refractivity contribution in [2.24, 2.45) is 5.41 Å². The molecule has 0 saturated carbocycles. The number of aromatic nitrogens is 1. The Bertz CT molecular complexity index is 1050. The van der Waals surface area contributed by atoms with Gasteiger partial charge in [-0.25, -0.2) is 4.98 Å². The number of anilines is 1. The standard InChI is InChI=1S/C24H25N3O2S/c1-17-15-30-21(25-17)18-9-11-20(12-10-18)26-23(29)24(2)13-6-14-27(16-24)22(28)19-7-4-3-5-8-19/h3-5,7-12,15H,6,13-14,16H2,1-2H3,(H,26,29)/t24-/m0/s1. The number of carbonyl (C=O) groups is 2. The lowest BCUT2D eigenvalue weighted by molar-refractivity contribution is -0.127. The van der Waals surface area contributed by atoms with Crippen molar-refractivity contribution in [1.82, 2.24) is 9.88 Å². The van der Waals surface area contributed by atoms with Gasteiger partial charge in [-0.05, 0) is 63.1 Å². The molecule has 2 aromatic carbocycles. The molecule has 0 radical (unpaired) electrons. The summed E-state index contributed by atoms with van der Waals surface area (Å²) in [6, 6.07) is 17.0. The van der Waals surface area contributed by atoms with E-state index in [0.29, 0.717) is 18.7 Å². The Morgan fingerprint density at radius 1 is 1.10 bits per heavy atom. The number of nitrogens with zero attached hydrogens (tertiary/aromatic N) is 2. The highest BCUT2D eigenvalue weighted by atomic mass is 32.1. The number of thiazole rings is 1. The number of rotatable bonds is 4. The van der Waals surface area contributed by atoms with E-state index in [1.807, 2.05) is 73.8 Å². The smallest absolute Gasteiger partial charge is 0.253 e. The second kappa shape index (κ2) is 8.40. The van der Waals surface area contributed by atoms with E-state index in [0.717, 1.165) is 34.8 Å². The molecule has 0 bridgehead atoms. The Morgan fingerprint density at radius 3 is 2.50 bits per heavy atom. The average molecular weight is 420 g/mol. The summed E-state index contributed by atoms with van der Waals surface area (Å²) in [6.07, 6.45) is 1.57. The molecule has 154 valence electrons. The summed E-state index contributed by atoms with van der Waals surface area (Å²) in [5.41, 5.74) is 2.84. The normalized spacial score (nSPS) is 18.8. The second-order valence-electron chi connectivity index (χ2n) is 8.08. The SMILES string of the molecule is Cc1csc(-c2ccc(NC(=O)[C@@]3(C)CCCN(C(=O)c4ccccc4)C3)cc2)n1. The number of likely N-dealkylation sites (tertiary alicyclic amines) is 1. The van der Waals surface area contributed by atoms with Crippen LogP contribution in [0.15, 0.2) is 60.0 Å². The Hall–Kier alpha value is -2.99. The van der Waals surface area contributed by atoms with Gasteiger partial charge in [0.25, 0.3) is 5.91 Å². The lowest BCUT2D eigenvalue weighted by atomic mass is 9.80. The van der Waals surface area contributed by atoms with Gasteiger partial charge in [-0.15, -0.1) is 11.3 Å². The van der Waals surface area contributed by atoms with E-state index in [9.17, 15) is 9.59 Å². The predicted molar refractivity (Wildman–Crippen MR) is 121 cm³/mol. The van der Waals surface area contributed by atoms with Gasteiger partial charge in [0.15, 0.2) is 0 Å². The molecular weight excluding hydrogens is 394 g/mol. The molecule has 1 fully saturated rings. The number of carbonyl (C=O) groups excluding carboxylic acids is 2. The van der Waals surface area contributed by atoms with Crippen molar-refractivity contribution in [3.63, 3.8) is 0 Å². The summed E-state index contributed by atoms with van der Waals surface area (Å²) in [4.78, 5) is 32.2. The van der Waals surface area contributed by atoms with Crippen LogP contribution < -0.4 is 5.32 Å². The number of hydrogen-bond donors (Lipinski definition) is 1. The van der Waals surface area contributed by atoms with Crippen molar-refractivity contribution in [2.75, 3.05) is 18.4 Å². The maximum atomic E-state index is 13.1. The molecule has 2 amide bonds. The van der Waals surface area contributed by atoms with Crippen molar-refractivity contribution < 1.29 is 9.59 Å². The molecule has 1 atom stereocenters. The molecule has 3 aromatic rings. The van der Waals surface area contributed by atoms with Crippen LogP contribution in [-0.4, -0.2) is 34.8 Å². The van der Waals surface area contributed by atoms with Gasteiger partial charge in [-0.1, -0.05) is 18.2 Å². The van der Waals surface area contributed by atoms with Crippen LogP contribution in [0.3, 0.4) is 0 Å². The average Bonchev–Trinajstić information content (AvgIpc) is 3.20. The number of amides is 2. The fourth-order valence-corrected chi connectivity index (χ4v) is 4.63. The number of aryl methyl sites for hydroxylation is 1. The van der Waals surface area contributed by atoms with Crippen LogP contribution >= 0.6 is 11.3 Å². The minimum Gasteiger partial charge on any atom is -0.338 e. The van der Waals surface area contributed by atoms with Crippen molar-refractivity contribution >= 4 is 28.8 Å². The summed E-state index contributed by atoms with van der Waals surface area (Å²) in [6.45, 7) is 5.02. The topological polar surface area (TPSA) is 62.3 Å². The van der Waals surface area contributed by atoms with Crippen LogP contribution in [0.5, 0.6) is 0 Å². The minimum atomic E-state index is -0.617. The molecule has 1 aliphatic heterocycles. The van der Waals surface area contributed by atoms with Crippen LogP contribution in [0.2, 0.25) is 0 Å². The third-order valence-corrected chi connectivity index (χ3v) is 6.57. The van der Waals surface area contributed by atoms with Crippen molar-refractivity contribution in [1.29, 1.82) is 0 Å². The second-order valence-corrected chi connectivity index (χ2v) is 8.94. The highest BCUT2D eigenvalue weighted by Gasteiger charge is 2.39. The monoisotopic (exact) mass is 419 g/mol. The van der Waals surface area contributed by atoms with E-state index < -0.39 is 5.41 Å². The Labute approximate surface area is 180 Å². The molecular formula is C24H25N3O2S. The maximum Gasteiger partial charge on any atom is 0.253 e. The van der Waals surface area contributed by atoms with Crippen LogP contribution in [-0.2, 0) is 4.79 Å². The predicted octanol–water partition coefficient (Wildman–Crippen LogP) is 5.00. The fourth-order valence-electron chi connectivity index (χ4n) is 3.83. The van der Waals surface area contributed by atoms with Crippen LogP contribution in [0.4, 0.5) is 5.69 Å². The van der Waals surface area contributed by atoms with Gasteiger partial charge in [0.1, 0.15) is 5.01 Å². The molecule has 5 nitrogen and oxygen atoms in total. The summed E-state index contributed by atoms with van der Waals surface area (Å²) in [7, 11) is 0. The summed E-state index contributed by atoms with van der Waals surface area (Å²) < 4.78 is 0. The van der Waals surface area contributed by atoms with Gasteiger partial charge in [-0.2, -0.15) is 0 Å². The molecule has 0 spiro atoms. The molecule has 1 N–H and O–H groups in total. The van der Waals surface area contributed by atoms with Gasteiger partial charge in [0.2, 0.25) is 5.91 Å². The number of piperidine rings is 1. The molecule has 0 unspecified atom stereocenters. The number of hydrogen-bond acceptors (Lipinski definition) is 4. The number of benzene rings is 2. The first-order chi connectivity index (χ1) is 14.4. The first-order valence-electron chi connectivity index (χ1n) is 10.1. The molecule has 30 heavy (non-hydrogen) atoms. The quantitative estimate of drug-likeness (QED) is 0.647. The molecule has 1 saturated heterocycles. The van der Waals surface area contributed by atoms with E-state index in [4.69, 9.17) is 0 Å². The Balaban J connectivity index is 1.43. The van der Waals surface area contributed by atoms with E-state index in [1.165, 1.54) is 0 Å². The molecule has 1 aromatic heterocycles. The van der Waals surface area contributed by atoms with Crippen LogP contribution in [0.1, 0.15) is 35.8 Å². The van der Waals surface area contributed by atoms with E-state index in [1.54, 1.807) is 16.2 Å². The molecule has 0 aliphatic carbocycles. The highest BCUT2D eigenvalue weighted by molar-refractivity contribution is 7.13. The van der Waals surface area contributed by atoms with E-state index in [2.05, 4.69) is 10.3 Å². The van der Waals surface area contributed by atoms with Gasteiger partial charge in [0.05, 0.1) is 5.41 Å². The first-order valence-corrected chi connectivity index (χ1v) is 11.0. The first kappa shape index (κ1) is 20.3. The summed E-state index contributed by atoms with van der Waals surface area (Å²) in [5, 5.41) is 6.04. The van der Waals surface area contributed by atoms with Gasteiger partial charge in [0, 0.05) is 41.0 Å².